The van der Waals surface area contributed by atoms with E-state index in [2.05, 4.69) is 4.89 Å². The monoisotopic (exact) mass is 160 g/mol. The molecule has 0 spiro atoms. The van der Waals surface area contributed by atoms with Crippen molar-refractivity contribution >= 4 is 29.2 Å². The molecular formula is CH4FeMgO4. The number of hydrogen-bond acceptors (Lipinski definition) is 3. The van der Waals surface area contributed by atoms with E-state index >= 15 is 0 Å². The van der Waals surface area contributed by atoms with E-state index in [1.807, 2.05) is 0 Å². The number of carbonyl (C=O) groups is 1. The van der Waals surface area contributed by atoms with Crippen LogP contribution in [0.1, 0.15) is 0 Å². The topological polar surface area (TPSA) is 66.8 Å². The van der Waals surface area contributed by atoms with Gasteiger partial charge in [-0.3, -0.25) is 4.89 Å². The minimum atomic E-state index is -1.69. The second-order valence-corrected chi connectivity index (χ2v) is 0.357. The van der Waals surface area contributed by atoms with Gasteiger partial charge in [0.05, 0.1) is 0 Å². The molecule has 6 heteroatoms. The molecule has 0 radical (unpaired) electrons. The summed E-state index contributed by atoms with van der Waals surface area (Å²) in [5.41, 5.74) is 0. The van der Waals surface area contributed by atoms with Crippen LogP contribution in [0.2, 0.25) is 0 Å². The molecule has 0 atom stereocenters. The molecule has 0 aliphatic rings. The number of rotatable bonds is 0. The van der Waals surface area contributed by atoms with Crippen molar-refractivity contribution < 1.29 is 37.1 Å². The van der Waals surface area contributed by atoms with Gasteiger partial charge in [0.2, 0.25) is 0 Å². The largest absolute Gasteiger partial charge is 0.537 e. The Morgan fingerprint density at radius 2 is 1.71 bits per heavy atom. The molecule has 0 aliphatic carbocycles. The van der Waals surface area contributed by atoms with E-state index in [9.17, 15) is 0 Å². The molecule has 0 amide bonds. The van der Waals surface area contributed by atoms with E-state index in [-0.39, 0.29) is 40.1 Å². The van der Waals surface area contributed by atoms with Gasteiger partial charge in [0.25, 0.3) is 0 Å². The smallest absolute Gasteiger partial charge is 0.448 e. The Morgan fingerprint density at radius 3 is 1.71 bits per heavy atom. The molecular weight excluding hydrogens is 156 g/mol. The van der Waals surface area contributed by atoms with Crippen LogP contribution in [0.15, 0.2) is 0 Å². The summed E-state index contributed by atoms with van der Waals surface area (Å²) in [6.07, 6.45) is -1.69. The van der Waals surface area contributed by atoms with Gasteiger partial charge in [0.15, 0.2) is 0 Å². The van der Waals surface area contributed by atoms with Crippen molar-refractivity contribution in [3.05, 3.63) is 0 Å². The van der Waals surface area contributed by atoms with Crippen molar-refractivity contribution in [1.29, 1.82) is 0 Å². The zero-order chi connectivity index (χ0) is 4.28. The van der Waals surface area contributed by atoms with Crippen LogP contribution >= 0.6 is 0 Å². The van der Waals surface area contributed by atoms with Crippen molar-refractivity contribution in [1.82, 2.24) is 0 Å². The molecule has 0 aliphatic heterocycles. The predicted octanol–water partition coefficient (Wildman–Crippen LogP) is -0.765. The van der Waals surface area contributed by atoms with Gasteiger partial charge in [-0.2, -0.15) is 5.26 Å². The van der Waals surface area contributed by atoms with Crippen LogP contribution in [0.4, 0.5) is 4.79 Å². The zero-order valence-corrected chi connectivity index (χ0v) is 3.67. The first-order chi connectivity index (χ1) is 2.27. The minimum absolute atomic E-state index is 0. The van der Waals surface area contributed by atoms with Crippen LogP contribution in [-0.2, 0) is 22.0 Å². The fraction of sp³-hybridized carbons (Fsp3) is 0. The maximum absolute atomic E-state index is 8.90. The van der Waals surface area contributed by atoms with Gasteiger partial charge in [0.1, 0.15) is 0 Å². The first-order valence-corrected chi connectivity index (χ1v) is 0.814. The molecule has 0 saturated carbocycles. The van der Waals surface area contributed by atoms with Crippen molar-refractivity contribution in [2.75, 3.05) is 0 Å². The summed E-state index contributed by atoms with van der Waals surface area (Å²) in [6, 6.07) is 0. The average molecular weight is 160 g/mol. The second kappa shape index (κ2) is 9.72. The third-order valence-electron chi connectivity index (χ3n) is 0.0781. The van der Waals surface area contributed by atoms with Gasteiger partial charge in [-0.05, 0) is 0 Å². The molecule has 0 unspecified atom stereocenters. The van der Waals surface area contributed by atoms with Crippen LogP contribution < -0.4 is 0 Å². The molecule has 0 fully saturated rings. The first-order valence-electron chi connectivity index (χ1n) is 0.814. The molecule has 7 heavy (non-hydrogen) atoms. The van der Waals surface area contributed by atoms with Gasteiger partial charge in [0, 0.05) is 17.1 Å². The Morgan fingerprint density at radius 1 is 1.57 bits per heavy atom. The van der Waals surface area contributed by atoms with E-state index in [4.69, 9.17) is 15.2 Å². The molecule has 0 saturated heterocycles. The zero-order valence-electron chi connectivity index (χ0n) is 2.56. The summed E-state index contributed by atoms with van der Waals surface area (Å²) in [6.45, 7) is 0. The maximum Gasteiger partial charge on any atom is 0.537 e. The fourth-order valence-corrected chi connectivity index (χ4v) is 0. The quantitative estimate of drug-likeness (QED) is 0.277. The van der Waals surface area contributed by atoms with Gasteiger partial charge in [-0.25, -0.2) is 4.79 Å². The molecule has 0 heterocycles. The molecule has 0 aromatic rings. The minimum Gasteiger partial charge on any atom is -0.448 e. The predicted molar refractivity (Wildman–Crippen MR) is 20.3 cm³/mol. The van der Waals surface area contributed by atoms with Crippen LogP contribution in [0.3, 0.4) is 0 Å². The Kier molecular flexibility index (Phi) is 21.7. The van der Waals surface area contributed by atoms with Gasteiger partial charge in [-0.15, -0.1) is 0 Å². The average Bonchev–Trinajstić information content (AvgIpc) is 1.38. The number of hydrogen-bond donors (Lipinski definition) is 2. The van der Waals surface area contributed by atoms with Crippen LogP contribution in [-0.4, -0.2) is 39.6 Å². The summed E-state index contributed by atoms with van der Waals surface area (Å²) >= 11 is 0. The Bertz CT molecular complexity index is 47.0. The van der Waals surface area contributed by atoms with Gasteiger partial charge >= 0.3 is 29.2 Å². The standard InChI is InChI=1S/CH2O4.Fe.Mg.2H/c2-1(3)5-4;;;;/h4H,(H,2,3);;;;. The van der Waals surface area contributed by atoms with Gasteiger partial charge < -0.3 is 5.11 Å². The summed E-state index contributed by atoms with van der Waals surface area (Å²) in [5, 5.41) is 14.3. The third-order valence-corrected chi connectivity index (χ3v) is 0.0781. The van der Waals surface area contributed by atoms with Crippen LogP contribution in [0.5, 0.6) is 0 Å². The maximum atomic E-state index is 8.90. The Labute approximate surface area is 66.4 Å². The molecule has 42 valence electrons. The summed E-state index contributed by atoms with van der Waals surface area (Å²) in [5.74, 6) is 0. The van der Waals surface area contributed by atoms with Crippen molar-refractivity contribution in [3.63, 3.8) is 0 Å². The van der Waals surface area contributed by atoms with Crippen molar-refractivity contribution in [2.45, 2.75) is 0 Å². The van der Waals surface area contributed by atoms with E-state index < -0.39 is 6.16 Å². The first kappa shape index (κ1) is 15.6. The fourth-order valence-electron chi connectivity index (χ4n) is 0. The summed E-state index contributed by atoms with van der Waals surface area (Å²) < 4.78 is 0. The SMILES string of the molecule is O=C(O)OO.[Fe].[MgH2]. The molecule has 2 N–H and O–H groups in total. The van der Waals surface area contributed by atoms with E-state index in [0.717, 1.165) is 0 Å². The van der Waals surface area contributed by atoms with E-state index in [0.29, 0.717) is 0 Å². The molecule has 0 bridgehead atoms. The third kappa shape index (κ3) is 21.0. The summed E-state index contributed by atoms with van der Waals surface area (Å²) in [7, 11) is 0. The molecule has 0 rings (SSSR count). The van der Waals surface area contributed by atoms with E-state index in [1.165, 1.54) is 0 Å². The molecule has 0 aromatic heterocycles. The number of carboxylic acid groups (broad SMARTS) is 1. The second-order valence-electron chi connectivity index (χ2n) is 0.357. The van der Waals surface area contributed by atoms with Gasteiger partial charge in [-0.1, -0.05) is 0 Å². The Balaban J connectivity index is -0.0000000800. The molecule has 0 aromatic carbocycles. The normalized spacial score (nSPS) is 4.71. The Hall–Kier alpha value is 0.516. The summed E-state index contributed by atoms with van der Waals surface area (Å²) in [4.78, 5) is 11.6. The van der Waals surface area contributed by atoms with Crippen LogP contribution in [0, 0.1) is 0 Å². The van der Waals surface area contributed by atoms with Crippen LogP contribution in [0.25, 0.3) is 0 Å². The van der Waals surface area contributed by atoms with E-state index in [1.54, 1.807) is 0 Å². The van der Waals surface area contributed by atoms with Crippen molar-refractivity contribution in [2.24, 2.45) is 0 Å². The molecule has 4 nitrogen and oxygen atoms in total. The van der Waals surface area contributed by atoms with Crippen molar-refractivity contribution in [3.8, 4) is 0 Å².